The van der Waals surface area contributed by atoms with Crippen molar-refractivity contribution in [2.24, 2.45) is 30.6 Å². The Morgan fingerprint density at radius 2 is 2.33 bits per heavy atom. The molecule has 0 saturated heterocycles. The summed E-state index contributed by atoms with van der Waals surface area (Å²) in [4.78, 5) is 0. The third-order valence-corrected chi connectivity index (χ3v) is 5.05. The quantitative estimate of drug-likeness (QED) is 0.633. The molecule has 2 aliphatic rings. The molecule has 18 heavy (non-hydrogen) atoms. The van der Waals surface area contributed by atoms with Gasteiger partial charge in [0.2, 0.25) is 0 Å². The van der Waals surface area contributed by atoms with Gasteiger partial charge < -0.3 is 0 Å². The molecule has 4 atom stereocenters. The predicted molar refractivity (Wildman–Crippen MR) is 71.6 cm³/mol. The highest BCUT2D eigenvalue weighted by atomic mass is 15.3. The summed E-state index contributed by atoms with van der Waals surface area (Å²) in [6.45, 7) is 2.07. The monoisotopic (exact) mass is 248 g/mol. The Labute approximate surface area is 109 Å². The molecule has 0 aromatic carbocycles. The van der Waals surface area contributed by atoms with E-state index in [1.807, 2.05) is 11.7 Å². The van der Waals surface area contributed by atoms with Crippen molar-refractivity contribution >= 4 is 0 Å². The minimum Gasteiger partial charge on any atom is -0.275 e. The molecule has 3 rings (SSSR count). The number of hydrogen-bond acceptors (Lipinski definition) is 3. The third kappa shape index (κ3) is 2.08. The van der Waals surface area contributed by atoms with Gasteiger partial charge in [0.15, 0.2) is 0 Å². The summed E-state index contributed by atoms with van der Waals surface area (Å²) < 4.78 is 1.88. The lowest BCUT2D eigenvalue weighted by atomic mass is 9.83. The molecule has 4 nitrogen and oxygen atoms in total. The number of nitrogens with zero attached hydrogens (tertiary/aromatic N) is 2. The Morgan fingerprint density at radius 3 is 2.83 bits per heavy atom. The van der Waals surface area contributed by atoms with Crippen molar-refractivity contribution in [1.29, 1.82) is 0 Å². The minimum atomic E-state index is 0.267. The van der Waals surface area contributed by atoms with E-state index < -0.39 is 0 Å². The SMILES string of the molecule is Cc1nn(C)cc1C(CC1CC2CCC1C2)NN. The van der Waals surface area contributed by atoms with Crippen molar-refractivity contribution in [3.05, 3.63) is 17.5 Å². The van der Waals surface area contributed by atoms with Crippen molar-refractivity contribution in [3.63, 3.8) is 0 Å². The van der Waals surface area contributed by atoms with E-state index >= 15 is 0 Å². The number of nitrogens with one attached hydrogen (secondary N) is 1. The summed E-state index contributed by atoms with van der Waals surface area (Å²) in [7, 11) is 1.97. The highest BCUT2D eigenvalue weighted by Gasteiger charge is 2.40. The zero-order valence-corrected chi connectivity index (χ0v) is 11.4. The maximum Gasteiger partial charge on any atom is 0.0641 e. The Kier molecular flexibility index (Phi) is 3.16. The van der Waals surface area contributed by atoms with Gasteiger partial charge in [-0.3, -0.25) is 16.0 Å². The fourth-order valence-electron chi connectivity index (χ4n) is 4.21. The van der Waals surface area contributed by atoms with Crippen LogP contribution in [0.5, 0.6) is 0 Å². The minimum absolute atomic E-state index is 0.267. The van der Waals surface area contributed by atoms with Gasteiger partial charge in [-0.05, 0) is 50.4 Å². The van der Waals surface area contributed by atoms with E-state index in [4.69, 9.17) is 5.84 Å². The van der Waals surface area contributed by atoms with Crippen LogP contribution in [-0.2, 0) is 7.05 Å². The normalized spacial score (nSPS) is 32.1. The van der Waals surface area contributed by atoms with Gasteiger partial charge in [-0.2, -0.15) is 5.10 Å². The Balaban J connectivity index is 1.71. The second kappa shape index (κ2) is 4.67. The lowest BCUT2D eigenvalue weighted by molar-refractivity contribution is 0.280. The van der Waals surface area contributed by atoms with Crippen LogP contribution >= 0.6 is 0 Å². The van der Waals surface area contributed by atoms with Crippen LogP contribution in [0.4, 0.5) is 0 Å². The molecule has 1 heterocycles. The van der Waals surface area contributed by atoms with Gasteiger partial charge in [-0.25, -0.2) is 0 Å². The van der Waals surface area contributed by atoms with Crippen LogP contribution in [0.1, 0.15) is 49.4 Å². The molecular weight excluding hydrogens is 224 g/mol. The molecule has 0 aliphatic heterocycles. The first-order valence-electron chi connectivity index (χ1n) is 7.13. The van der Waals surface area contributed by atoms with E-state index in [9.17, 15) is 0 Å². The molecule has 4 heteroatoms. The van der Waals surface area contributed by atoms with Crippen LogP contribution in [0.25, 0.3) is 0 Å². The Morgan fingerprint density at radius 1 is 1.50 bits per heavy atom. The average molecular weight is 248 g/mol. The zero-order chi connectivity index (χ0) is 12.7. The highest BCUT2D eigenvalue weighted by Crippen LogP contribution is 2.50. The van der Waals surface area contributed by atoms with E-state index in [1.165, 1.54) is 37.7 Å². The molecule has 4 unspecified atom stereocenters. The average Bonchev–Trinajstić information content (AvgIpc) is 3.01. The fraction of sp³-hybridized carbons (Fsp3) is 0.786. The summed E-state index contributed by atoms with van der Waals surface area (Å²) in [5.41, 5.74) is 5.37. The molecule has 2 bridgehead atoms. The molecule has 0 radical (unpaired) electrons. The zero-order valence-electron chi connectivity index (χ0n) is 11.4. The van der Waals surface area contributed by atoms with Crippen LogP contribution < -0.4 is 11.3 Å². The van der Waals surface area contributed by atoms with Crippen LogP contribution in [-0.4, -0.2) is 9.78 Å². The summed E-state index contributed by atoms with van der Waals surface area (Å²) >= 11 is 0. The second-order valence-electron chi connectivity index (χ2n) is 6.23. The van der Waals surface area contributed by atoms with Gasteiger partial charge >= 0.3 is 0 Å². The summed E-state index contributed by atoms with van der Waals surface area (Å²) in [5.74, 6) is 8.61. The van der Waals surface area contributed by atoms with Gasteiger partial charge in [0, 0.05) is 24.8 Å². The maximum atomic E-state index is 5.77. The predicted octanol–water partition coefficient (Wildman–Crippen LogP) is 2.06. The van der Waals surface area contributed by atoms with E-state index in [2.05, 4.69) is 23.6 Å². The number of hydrazine groups is 1. The van der Waals surface area contributed by atoms with E-state index in [1.54, 1.807) is 0 Å². The van der Waals surface area contributed by atoms with Gasteiger partial charge in [0.25, 0.3) is 0 Å². The van der Waals surface area contributed by atoms with Crippen LogP contribution in [0.15, 0.2) is 6.20 Å². The van der Waals surface area contributed by atoms with Gasteiger partial charge in [-0.1, -0.05) is 6.42 Å². The number of aryl methyl sites for hydroxylation is 2. The Bertz CT molecular complexity index is 425. The molecule has 0 spiro atoms. The third-order valence-electron chi connectivity index (χ3n) is 5.05. The smallest absolute Gasteiger partial charge is 0.0641 e. The lowest BCUT2D eigenvalue weighted by Crippen LogP contribution is -2.31. The first-order chi connectivity index (χ1) is 8.67. The molecule has 2 saturated carbocycles. The molecule has 100 valence electrons. The van der Waals surface area contributed by atoms with Crippen molar-refractivity contribution in [3.8, 4) is 0 Å². The van der Waals surface area contributed by atoms with Crippen molar-refractivity contribution in [2.45, 2.75) is 45.1 Å². The maximum absolute atomic E-state index is 5.77. The van der Waals surface area contributed by atoms with Crippen LogP contribution in [0, 0.1) is 24.7 Å². The molecule has 2 aliphatic carbocycles. The molecule has 3 N–H and O–H groups in total. The lowest BCUT2D eigenvalue weighted by Gasteiger charge is -2.26. The molecule has 1 aromatic heterocycles. The number of hydrogen-bond donors (Lipinski definition) is 2. The van der Waals surface area contributed by atoms with Gasteiger partial charge in [0.1, 0.15) is 0 Å². The topological polar surface area (TPSA) is 55.9 Å². The van der Waals surface area contributed by atoms with Crippen LogP contribution in [0.3, 0.4) is 0 Å². The molecule has 1 aromatic rings. The standard InChI is InChI=1S/C14H24N4/c1-9-13(8-18(2)17-9)14(16-15)7-12-6-10-3-4-11(12)5-10/h8,10-12,14,16H,3-7,15H2,1-2H3. The van der Waals surface area contributed by atoms with Crippen molar-refractivity contribution < 1.29 is 0 Å². The largest absolute Gasteiger partial charge is 0.275 e. The van der Waals surface area contributed by atoms with Crippen molar-refractivity contribution in [1.82, 2.24) is 15.2 Å². The number of aromatic nitrogens is 2. The van der Waals surface area contributed by atoms with Crippen molar-refractivity contribution in [2.75, 3.05) is 0 Å². The van der Waals surface area contributed by atoms with E-state index in [0.29, 0.717) is 0 Å². The Hall–Kier alpha value is -0.870. The van der Waals surface area contributed by atoms with Gasteiger partial charge in [0.05, 0.1) is 5.69 Å². The van der Waals surface area contributed by atoms with Crippen LogP contribution in [0.2, 0.25) is 0 Å². The number of nitrogens with two attached hydrogens (primary N) is 1. The van der Waals surface area contributed by atoms with Gasteiger partial charge in [-0.15, -0.1) is 0 Å². The first kappa shape index (κ1) is 12.2. The van der Waals surface area contributed by atoms with E-state index in [-0.39, 0.29) is 6.04 Å². The number of fused-ring (bicyclic) bond motifs is 2. The first-order valence-corrected chi connectivity index (χ1v) is 7.13. The summed E-state index contributed by atoms with van der Waals surface area (Å²) in [5, 5.41) is 4.42. The molecule has 0 amide bonds. The molecular formula is C14H24N4. The van der Waals surface area contributed by atoms with E-state index in [0.717, 1.165) is 23.4 Å². The second-order valence-corrected chi connectivity index (χ2v) is 6.23. The highest BCUT2D eigenvalue weighted by molar-refractivity contribution is 5.20. The fourth-order valence-corrected chi connectivity index (χ4v) is 4.21. The molecule has 2 fully saturated rings. The summed E-state index contributed by atoms with van der Waals surface area (Å²) in [6.07, 6.45) is 9.07. The summed E-state index contributed by atoms with van der Waals surface area (Å²) in [6, 6.07) is 0.267. The number of rotatable bonds is 4.